The Morgan fingerprint density at radius 1 is 1.50 bits per heavy atom. The minimum absolute atomic E-state index is 0.139. The number of unbranched alkanes of at least 4 members (excludes halogenated alkanes) is 1. The number of amides is 2. The topological polar surface area (TPSA) is 49.6 Å². The molecule has 2 N–H and O–H groups in total. The van der Waals surface area contributed by atoms with Gasteiger partial charge in [-0.1, -0.05) is 12.2 Å². The van der Waals surface area contributed by atoms with Gasteiger partial charge >= 0.3 is 6.03 Å². The van der Waals surface area contributed by atoms with Crippen LogP contribution in [0.15, 0.2) is 0 Å². The predicted molar refractivity (Wildman–Crippen MR) is 60.2 cm³/mol. The Balaban J connectivity index is 2.13. The van der Waals surface area contributed by atoms with Gasteiger partial charge in [-0.2, -0.15) is 0 Å². The van der Waals surface area contributed by atoms with Crippen molar-refractivity contribution in [3.8, 4) is 0 Å². The summed E-state index contributed by atoms with van der Waals surface area (Å²) in [7, 11) is 1.83. The number of nitrogens with zero attached hydrogens (tertiary/aromatic N) is 2. The van der Waals surface area contributed by atoms with E-state index in [-0.39, 0.29) is 6.03 Å². The average Bonchev–Trinajstić information content (AvgIpc) is 2.43. The highest BCUT2D eigenvalue weighted by Gasteiger charge is 2.24. The van der Waals surface area contributed by atoms with E-state index < -0.39 is 0 Å². The van der Waals surface area contributed by atoms with Crippen LogP contribution in [0.1, 0.15) is 19.3 Å². The molecule has 5 heteroatoms. The lowest BCUT2D eigenvalue weighted by molar-refractivity contribution is 0.198. The summed E-state index contributed by atoms with van der Waals surface area (Å²) in [6.07, 6.45) is 2.74. The summed E-state index contributed by atoms with van der Waals surface area (Å²) in [4.78, 5) is 15.6. The molecule has 1 heterocycles. The first-order chi connectivity index (χ1) is 6.61. The van der Waals surface area contributed by atoms with E-state index in [9.17, 15) is 4.79 Å². The number of likely N-dealkylation sites (N-methyl/N-ethyl adjacent to an activating group) is 1. The molecule has 1 aliphatic rings. The molecule has 0 unspecified atom stereocenters. The van der Waals surface area contributed by atoms with Crippen LogP contribution in [-0.2, 0) is 0 Å². The molecule has 2 amide bonds. The van der Waals surface area contributed by atoms with Gasteiger partial charge in [0.1, 0.15) is 0 Å². The second-order valence-corrected chi connectivity index (χ2v) is 4.14. The molecule has 0 saturated carbocycles. The molecule has 0 aliphatic carbocycles. The molecule has 0 bridgehead atoms. The zero-order valence-electron chi connectivity index (χ0n) is 8.53. The highest BCUT2D eigenvalue weighted by atomic mass is 32.1. The van der Waals surface area contributed by atoms with Crippen molar-refractivity contribution in [1.29, 1.82) is 0 Å². The standard InChI is InChI=1S/C9H17N3OS/c1-11-6-7-12(9(11)13)5-3-2-4-8(10)14/h2-7H2,1H3,(H2,10,14). The summed E-state index contributed by atoms with van der Waals surface area (Å²) >= 11 is 4.77. The minimum atomic E-state index is 0.139. The normalized spacial score (nSPS) is 16.5. The zero-order valence-corrected chi connectivity index (χ0v) is 9.35. The van der Waals surface area contributed by atoms with E-state index in [1.165, 1.54) is 0 Å². The van der Waals surface area contributed by atoms with Gasteiger partial charge in [0.15, 0.2) is 0 Å². The minimum Gasteiger partial charge on any atom is -0.393 e. The van der Waals surface area contributed by atoms with Crippen molar-refractivity contribution < 1.29 is 4.79 Å². The number of carbonyl (C=O) groups is 1. The van der Waals surface area contributed by atoms with Crippen molar-refractivity contribution in [3.05, 3.63) is 0 Å². The van der Waals surface area contributed by atoms with Gasteiger partial charge in [0.25, 0.3) is 0 Å². The van der Waals surface area contributed by atoms with Crippen molar-refractivity contribution in [2.45, 2.75) is 19.3 Å². The fraction of sp³-hybridized carbons (Fsp3) is 0.778. The number of urea groups is 1. The van der Waals surface area contributed by atoms with E-state index in [0.717, 1.165) is 38.9 Å². The summed E-state index contributed by atoms with van der Waals surface area (Å²) in [6, 6.07) is 0.139. The third-order valence-corrected chi connectivity index (χ3v) is 2.61. The average molecular weight is 215 g/mol. The molecule has 0 spiro atoms. The molecule has 80 valence electrons. The van der Waals surface area contributed by atoms with Crippen molar-refractivity contribution in [3.63, 3.8) is 0 Å². The molecule has 0 aromatic heterocycles. The lowest BCUT2D eigenvalue weighted by Crippen LogP contribution is -2.30. The Morgan fingerprint density at radius 3 is 2.71 bits per heavy atom. The summed E-state index contributed by atoms with van der Waals surface area (Å²) in [5.74, 6) is 0. The smallest absolute Gasteiger partial charge is 0.319 e. The van der Waals surface area contributed by atoms with E-state index in [1.807, 2.05) is 11.9 Å². The number of nitrogens with two attached hydrogens (primary N) is 1. The first kappa shape index (κ1) is 11.2. The summed E-state index contributed by atoms with van der Waals surface area (Å²) < 4.78 is 0. The van der Waals surface area contributed by atoms with Crippen LogP contribution in [-0.4, -0.2) is 47.5 Å². The van der Waals surface area contributed by atoms with Gasteiger partial charge in [0.05, 0.1) is 4.99 Å². The molecule has 0 aromatic carbocycles. The van der Waals surface area contributed by atoms with Crippen LogP contribution in [0.3, 0.4) is 0 Å². The third kappa shape index (κ3) is 3.14. The van der Waals surface area contributed by atoms with Crippen LogP contribution in [0, 0.1) is 0 Å². The molecule has 1 saturated heterocycles. The molecule has 4 nitrogen and oxygen atoms in total. The van der Waals surface area contributed by atoms with Crippen LogP contribution in [0.25, 0.3) is 0 Å². The molecule has 1 fully saturated rings. The number of hydrogen-bond acceptors (Lipinski definition) is 2. The highest BCUT2D eigenvalue weighted by Crippen LogP contribution is 2.07. The van der Waals surface area contributed by atoms with Crippen molar-refractivity contribution in [2.24, 2.45) is 5.73 Å². The second kappa shape index (κ2) is 5.14. The Bertz CT molecular complexity index is 232. The van der Waals surface area contributed by atoms with Gasteiger partial charge in [-0.15, -0.1) is 0 Å². The van der Waals surface area contributed by atoms with Crippen LogP contribution in [0.5, 0.6) is 0 Å². The molecular weight excluding hydrogens is 198 g/mol. The molecule has 1 aliphatic heterocycles. The largest absolute Gasteiger partial charge is 0.393 e. The summed E-state index contributed by atoms with van der Waals surface area (Å²) in [6.45, 7) is 2.52. The Morgan fingerprint density at radius 2 is 2.21 bits per heavy atom. The van der Waals surface area contributed by atoms with E-state index >= 15 is 0 Å². The fourth-order valence-electron chi connectivity index (χ4n) is 1.51. The van der Waals surface area contributed by atoms with Crippen LogP contribution < -0.4 is 5.73 Å². The van der Waals surface area contributed by atoms with Gasteiger partial charge < -0.3 is 15.5 Å². The van der Waals surface area contributed by atoms with Crippen LogP contribution in [0.2, 0.25) is 0 Å². The van der Waals surface area contributed by atoms with Gasteiger partial charge in [0.2, 0.25) is 0 Å². The molecule has 0 aromatic rings. The fourth-order valence-corrected chi connectivity index (χ4v) is 1.66. The third-order valence-electron chi connectivity index (χ3n) is 2.40. The van der Waals surface area contributed by atoms with Gasteiger partial charge in [-0.05, 0) is 19.3 Å². The first-order valence-electron chi connectivity index (χ1n) is 4.89. The van der Waals surface area contributed by atoms with Crippen molar-refractivity contribution >= 4 is 23.2 Å². The Hall–Kier alpha value is -0.840. The monoisotopic (exact) mass is 215 g/mol. The number of carbonyl (C=O) groups excluding carboxylic acids is 1. The maximum absolute atomic E-state index is 11.4. The molecule has 14 heavy (non-hydrogen) atoms. The number of thiocarbonyl (C=S) groups is 1. The van der Waals surface area contributed by atoms with Gasteiger partial charge in [0, 0.05) is 26.7 Å². The first-order valence-corrected chi connectivity index (χ1v) is 5.30. The quantitative estimate of drug-likeness (QED) is 0.545. The SMILES string of the molecule is CN1CCN(CCCCC(N)=S)C1=O. The molecule has 0 atom stereocenters. The number of rotatable bonds is 5. The van der Waals surface area contributed by atoms with Gasteiger partial charge in [-0.3, -0.25) is 0 Å². The summed E-state index contributed by atoms with van der Waals surface area (Å²) in [5, 5.41) is 0. The summed E-state index contributed by atoms with van der Waals surface area (Å²) in [5.41, 5.74) is 5.38. The van der Waals surface area contributed by atoms with E-state index in [4.69, 9.17) is 18.0 Å². The highest BCUT2D eigenvalue weighted by molar-refractivity contribution is 7.80. The predicted octanol–water partition coefficient (Wildman–Crippen LogP) is 0.810. The van der Waals surface area contributed by atoms with E-state index in [1.54, 1.807) is 4.90 Å². The maximum Gasteiger partial charge on any atom is 0.319 e. The Labute approximate surface area is 90.0 Å². The van der Waals surface area contributed by atoms with Crippen molar-refractivity contribution in [2.75, 3.05) is 26.7 Å². The molecule has 1 rings (SSSR count). The lowest BCUT2D eigenvalue weighted by Gasteiger charge is -2.15. The van der Waals surface area contributed by atoms with Crippen LogP contribution in [0.4, 0.5) is 4.79 Å². The van der Waals surface area contributed by atoms with Gasteiger partial charge in [-0.25, -0.2) is 4.79 Å². The maximum atomic E-state index is 11.4. The van der Waals surface area contributed by atoms with Crippen LogP contribution >= 0.6 is 12.2 Å². The van der Waals surface area contributed by atoms with E-state index in [2.05, 4.69) is 0 Å². The number of hydrogen-bond donors (Lipinski definition) is 1. The zero-order chi connectivity index (χ0) is 10.6. The second-order valence-electron chi connectivity index (χ2n) is 3.61. The molecule has 0 radical (unpaired) electrons. The lowest BCUT2D eigenvalue weighted by atomic mass is 10.2. The molecular formula is C9H17N3OS. The van der Waals surface area contributed by atoms with Crippen molar-refractivity contribution in [1.82, 2.24) is 9.80 Å². The van der Waals surface area contributed by atoms with E-state index in [0.29, 0.717) is 4.99 Å². The Kier molecular flexibility index (Phi) is 4.13.